The molecule has 1 aromatic carbocycles. The number of pyridine rings is 2. The zero-order chi connectivity index (χ0) is 20.2. The van der Waals surface area contributed by atoms with Gasteiger partial charge in [-0.1, -0.05) is 18.8 Å². The van der Waals surface area contributed by atoms with Crippen LogP contribution in [0, 0.1) is 21.4 Å². The molecule has 0 saturated heterocycles. The van der Waals surface area contributed by atoms with Crippen molar-refractivity contribution in [3.05, 3.63) is 75.6 Å². The molecule has 0 radical (unpaired) electrons. The van der Waals surface area contributed by atoms with E-state index in [2.05, 4.69) is 49.5 Å². The van der Waals surface area contributed by atoms with Gasteiger partial charge >= 0.3 is 0 Å². The molecule has 0 aliphatic heterocycles. The summed E-state index contributed by atoms with van der Waals surface area (Å²) in [6.07, 6.45) is 5.69. The van der Waals surface area contributed by atoms with E-state index in [0.29, 0.717) is 18.2 Å². The minimum Gasteiger partial charge on any atom is -0.472 e. The second-order valence-corrected chi connectivity index (χ2v) is 7.36. The summed E-state index contributed by atoms with van der Waals surface area (Å²) in [5.74, 6) is 6.39. The maximum atomic E-state index is 13.2. The minimum atomic E-state index is -0.526. The Kier molecular flexibility index (Phi) is 5.71. The highest BCUT2D eigenvalue weighted by molar-refractivity contribution is 14.1. The van der Waals surface area contributed by atoms with Crippen molar-refractivity contribution in [2.24, 2.45) is 0 Å². The van der Waals surface area contributed by atoms with Gasteiger partial charge in [-0.3, -0.25) is 0 Å². The van der Waals surface area contributed by atoms with Crippen LogP contribution in [-0.2, 0) is 6.61 Å². The molecule has 4 rings (SSSR count). The van der Waals surface area contributed by atoms with Gasteiger partial charge in [0.1, 0.15) is 6.61 Å². The summed E-state index contributed by atoms with van der Waals surface area (Å²) in [4.78, 5) is 8.01. The first-order valence-corrected chi connectivity index (χ1v) is 10.1. The van der Waals surface area contributed by atoms with Crippen molar-refractivity contribution >= 4 is 33.5 Å². The van der Waals surface area contributed by atoms with E-state index >= 15 is 0 Å². The normalized spacial score (nSPS) is 10.6. The third-order valence-corrected chi connectivity index (χ3v) is 5.06. The lowest BCUT2D eigenvalue weighted by Crippen LogP contribution is -2.03. The predicted molar refractivity (Wildman–Crippen MR) is 117 cm³/mol. The van der Waals surface area contributed by atoms with Crippen molar-refractivity contribution in [1.29, 1.82) is 0 Å². The smallest absolute Gasteiger partial charge is 0.227 e. The number of rotatable bonds is 4. The molecule has 3 heterocycles. The van der Waals surface area contributed by atoms with E-state index in [9.17, 15) is 4.39 Å². The van der Waals surface area contributed by atoms with Gasteiger partial charge < -0.3 is 4.74 Å². The molecule has 29 heavy (non-hydrogen) atoms. The maximum Gasteiger partial charge on any atom is 0.227 e. The zero-order valence-electron chi connectivity index (χ0n) is 15.6. The van der Waals surface area contributed by atoms with Crippen LogP contribution in [0.15, 0.2) is 55.0 Å². The highest BCUT2D eigenvalue weighted by Crippen LogP contribution is 2.24. The third kappa shape index (κ3) is 4.22. The Bertz CT molecular complexity index is 1230. The van der Waals surface area contributed by atoms with Crippen LogP contribution in [0.25, 0.3) is 16.6 Å². The number of fused-ring (bicyclic) bond motifs is 1. The van der Waals surface area contributed by atoms with Gasteiger partial charge in [-0.25, -0.2) is 14.6 Å². The summed E-state index contributed by atoms with van der Waals surface area (Å²) < 4.78 is 21.8. The Balaban J connectivity index is 1.76. The lowest BCUT2D eigenvalue weighted by molar-refractivity contribution is 0.291. The number of aromatic nitrogens is 4. The number of hydrogen-bond donors (Lipinski definition) is 0. The molecule has 0 spiro atoms. The van der Waals surface area contributed by atoms with Gasteiger partial charge in [0.25, 0.3) is 0 Å². The lowest BCUT2D eigenvalue weighted by Gasteiger charge is -2.10. The van der Waals surface area contributed by atoms with Crippen molar-refractivity contribution in [3.63, 3.8) is 0 Å². The fourth-order valence-electron chi connectivity index (χ4n) is 2.86. The molecular weight excluding hydrogens is 482 g/mol. The standard InChI is InChI=1S/C22H16FIN4O/c1-2-3-5-15-10-16-12-27-28(18-7-8-21(23)26-13-18)20(16)11-17(15)14-29-22-19(24)6-4-9-25-22/h4,6-13H,2,14H2,1H3. The molecule has 0 aliphatic rings. The first-order chi connectivity index (χ1) is 14.2. The van der Waals surface area contributed by atoms with E-state index < -0.39 is 5.95 Å². The first-order valence-electron chi connectivity index (χ1n) is 9.00. The number of halogens is 2. The van der Waals surface area contributed by atoms with Gasteiger partial charge in [-0.2, -0.15) is 9.49 Å². The molecule has 0 unspecified atom stereocenters. The average Bonchev–Trinajstić information content (AvgIpc) is 3.14. The van der Waals surface area contributed by atoms with Crippen molar-refractivity contribution in [2.45, 2.75) is 20.0 Å². The number of benzene rings is 1. The van der Waals surface area contributed by atoms with Gasteiger partial charge in [0.2, 0.25) is 11.8 Å². The van der Waals surface area contributed by atoms with Gasteiger partial charge in [-0.15, -0.1) is 0 Å². The Morgan fingerprint density at radius 2 is 2.07 bits per heavy atom. The van der Waals surface area contributed by atoms with Crippen LogP contribution in [0.1, 0.15) is 24.5 Å². The molecule has 3 aromatic heterocycles. The first kappa shape index (κ1) is 19.3. The molecule has 0 atom stereocenters. The molecule has 144 valence electrons. The largest absolute Gasteiger partial charge is 0.472 e. The van der Waals surface area contributed by atoms with Crippen LogP contribution in [0.4, 0.5) is 4.39 Å². The number of nitrogens with zero attached hydrogens (tertiary/aromatic N) is 4. The summed E-state index contributed by atoms with van der Waals surface area (Å²) in [5.41, 5.74) is 3.37. The summed E-state index contributed by atoms with van der Waals surface area (Å²) in [7, 11) is 0. The molecule has 0 aliphatic carbocycles. The van der Waals surface area contributed by atoms with E-state index in [1.54, 1.807) is 23.1 Å². The van der Waals surface area contributed by atoms with Crippen molar-refractivity contribution < 1.29 is 9.13 Å². The van der Waals surface area contributed by atoms with Crippen molar-refractivity contribution in [3.8, 4) is 23.4 Å². The van der Waals surface area contributed by atoms with Crippen molar-refractivity contribution in [1.82, 2.24) is 19.7 Å². The molecule has 4 aromatic rings. The highest BCUT2D eigenvalue weighted by atomic mass is 127. The van der Waals surface area contributed by atoms with Crippen LogP contribution < -0.4 is 4.74 Å². The fourth-order valence-corrected chi connectivity index (χ4v) is 3.36. The van der Waals surface area contributed by atoms with Crippen LogP contribution in [0.5, 0.6) is 5.88 Å². The Labute approximate surface area is 181 Å². The van der Waals surface area contributed by atoms with Gasteiger partial charge in [0.05, 0.1) is 27.2 Å². The molecular formula is C22H16FIN4O. The lowest BCUT2D eigenvalue weighted by atomic mass is 10.1. The van der Waals surface area contributed by atoms with E-state index in [-0.39, 0.29) is 0 Å². The average molecular weight is 498 g/mol. The van der Waals surface area contributed by atoms with Crippen LogP contribution in [0.2, 0.25) is 0 Å². The van der Waals surface area contributed by atoms with E-state index in [4.69, 9.17) is 4.74 Å². The van der Waals surface area contributed by atoms with E-state index in [1.807, 2.05) is 31.2 Å². The Hall–Kier alpha value is -2.99. The van der Waals surface area contributed by atoms with Crippen LogP contribution >= 0.6 is 22.6 Å². The molecule has 0 amide bonds. The highest BCUT2D eigenvalue weighted by Gasteiger charge is 2.12. The van der Waals surface area contributed by atoms with Crippen LogP contribution in [-0.4, -0.2) is 19.7 Å². The zero-order valence-corrected chi connectivity index (χ0v) is 17.7. The summed E-state index contributed by atoms with van der Waals surface area (Å²) in [5, 5.41) is 5.38. The molecule has 0 saturated carbocycles. The molecule has 0 N–H and O–H groups in total. The summed E-state index contributed by atoms with van der Waals surface area (Å²) in [6.45, 7) is 2.33. The van der Waals surface area contributed by atoms with Gasteiger partial charge in [0, 0.05) is 29.1 Å². The SMILES string of the molecule is CCC#Cc1cc2cnn(-c3ccc(F)nc3)c2cc1COc1ncccc1I. The van der Waals surface area contributed by atoms with Gasteiger partial charge in [-0.05, 0) is 59.0 Å². The second kappa shape index (κ2) is 8.57. The Morgan fingerprint density at radius 1 is 1.17 bits per heavy atom. The van der Waals surface area contributed by atoms with Crippen LogP contribution in [0.3, 0.4) is 0 Å². The Morgan fingerprint density at radius 3 is 2.83 bits per heavy atom. The van der Waals surface area contributed by atoms with Crippen molar-refractivity contribution in [2.75, 3.05) is 0 Å². The minimum absolute atomic E-state index is 0.323. The maximum absolute atomic E-state index is 13.2. The van der Waals surface area contributed by atoms with E-state index in [1.165, 1.54) is 12.3 Å². The molecule has 0 bridgehead atoms. The molecule has 5 nitrogen and oxygen atoms in total. The summed E-state index contributed by atoms with van der Waals surface area (Å²) in [6, 6.07) is 10.8. The molecule has 0 fully saturated rings. The topological polar surface area (TPSA) is 52.8 Å². The van der Waals surface area contributed by atoms with E-state index in [0.717, 1.165) is 32.0 Å². The monoisotopic (exact) mass is 498 g/mol. The third-order valence-electron chi connectivity index (χ3n) is 4.24. The number of hydrogen-bond acceptors (Lipinski definition) is 4. The molecule has 7 heteroatoms. The quantitative estimate of drug-likeness (QED) is 0.228. The summed E-state index contributed by atoms with van der Waals surface area (Å²) >= 11 is 2.20. The second-order valence-electron chi connectivity index (χ2n) is 6.20. The van der Waals surface area contributed by atoms with Gasteiger partial charge in [0.15, 0.2) is 0 Å². The predicted octanol–water partition coefficient (Wildman–Crippen LogP) is 4.90. The number of ether oxygens (including phenoxy) is 1. The fraction of sp³-hybridized carbons (Fsp3) is 0.136.